The molecule has 0 radical (unpaired) electrons. The summed E-state index contributed by atoms with van der Waals surface area (Å²) in [5.41, 5.74) is 1.35. The Bertz CT molecular complexity index is 1100. The Morgan fingerprint density at radius 3 is 1.47 bits per heavy atom. The molecule has 168 valence electrons. The van der Waals surface area contributed by atoms with Crippen molar-refractivity contribution in [2.45, 2.75) is 19.3 Å². The minimum atomic E-state index is -0.429. The smallest absolute Gasteiger partial charge is 0.412 e. The third-order valence-corrected chi connectivity index (χ3v) is 5.14. The van der Waals surface area contributed by atoms with E-state index in [1.54, 1.807) is 9.36 Å². The summed E-state index contributed by atoms with van der Waals surface area (Å²) in [4.78, 5) is 13.6. The second-order valence-corrected chi connectivity index (χ2v) is 8.26. The maximum absolute atomic E-state index is 4.87. The van der Waals surface area contributed by atoms with E-state index in [0.717, 1.165) is 23.0 Å². The molecule has 0 saturated carbocycles. The molecule has 0 unspecified atom stereocenters. The molecule has 9 heteroatoms. The van der Waals surface area contributed by atoms with Crippen LogP contribution in [0.1, 0.15) is 25.2 Å². The molecule has 0 atom stereocenters. The van der Waals surface area contributed by atoms with Crippen molar-refractivity contribution in [1.82, 2.24) is 29.5 Å². The summed E-state index contributed by atoms with van der Waals surface area (Å²) in [6.45, 7) is 4.22. The molecular formula is C23H26N8Pt. The van der Waals surface area contributed by atoms with Crippen LogP contribution in [0.5, 0.6) is 0 Å². The van der Waals surface area contributed by atoms with Crippen molar-refractivity contribution in [1.29, 1.82) is 0 Å². The van der Waals surface area contributed by atoms with Crippen molar-refractivity contribution in [3.05, 3.63) is 72.3 Å². The molecule has 0 N–H and O–H groups in total. The van der Waals surface area contributed by atoms with Gasteiger partial charge < -0.3 is 19.2 Å². The maximum Gasteiger partial charge on any atom is 2.00 e. The number of aromatic nitrogens is 6. The van der Waals surface area contributed by atoms with Gasteiger partial charge in [-0.05, 0) is 54.2 Å². The predicted octanol–water partition coefficient (Wildman–Crippen LogP) is 2.90. The van der Waals surface area contributed by atoms with Crippen LogP contribution in [0.25, 0.3) is 11.6 Å². The van der Waals surface area contributed by atoms with E-state index in [4.69, 9.17) is 9.97 Å². The molecule has 0 fully saturated rings. The predicted molar refractivity (Wildman–Crippen MR) is 121 cm³/mol. The summed E-state index contributed by atoms with van der Waals surface area (Å²) >= 11 is 0. The Labute approximate surface area is 203 Å². The fourth-order valence-corrected chi connectivity index (χ4v) is 3.14. The van der Waals surface area contributed by atoms with E-state index >= 15 is 0 Å². The van der Waals surface area contributed by atoms with Crippen molar-refractivity contribution in [3.63, 3.8) is 0 Å². The summed E-state index contributed by atoms with van der Waals surface area (Å²) in [7, 11) is 7.80. The van der Waals surface area contributed by atoms with E-state index in [0.29, 0.717) is 11.6 Å². The number of nitrogens with zero attached hydrogens (tertiary/aromatic N) is 8. The first-order chi connectivity index (χ1) is 14.8. The molecule has 4 rings (SSSR count). The molecule has 0 aliphatic carbocycles. The Hall–Kier alpha value is -2.99. The first kappa shape index (κ1) is 23.7. The van der Waals surface area contributed by atoms with Gasteiger partial charge in [0.1, 0.15) is 0 Å². The molecule has 0 amide bonds. The fourth-order valence-electron chi connectivity index (χ4n) is 3.14. The molecule has 0 bridgehead atoms. The van der Waals surface area contributed by atoms with Crippen molar-refractivity contribution in [2.75, 3.05) is 38.0 Å². The van der Waals surface area contributed by atoms with Crippen LogP contribution in [-0.2, 0) is 26.5 Å². The van der Waals surface area contributed by atoms with Crippen LogP contribution in [0.2, 0.25) is 0 Å². The summed E-state index contributed by atoms with van der Waals surface area (Å²) in [5.74, 6) is 3.08. The third-order valence-electron chi connectivity index (χ3n) is 5.14. The van der Waals surface area contributed by atoms with Crippen LogP contribution < -0.4 is 9.80 Å². The van der Waals surface area contributed by atoms with Crippen LogP contribution in [0.4, 0.5) is 11.6 Å². The van der Waals surface area contributed by atoms with Crippen molar-refractivity contribution < 1.29 is 21.1 Å². The monoisotopic (exact) mass is 609 g/mol. The Balaban J connectivity index is 0.00000289. The largest absolute Gasteiger partial charge is 2.00 e. The summed E-state index contributed by atoms with van der Waals surface area (Å²) in [6.07, 6.45) is 6.26. The van der Waals surface area contributed by atoms with Gasteiger partial charge in [0.2, 0.25) is 0 Å². The van der Waals surface area contributed by atoms with Crippen LogP contribution in [-0.4, -0.2) is 57.7 Å². The van der Waals surface area contributed by atoms with Gasteiger partial charge in [0.25, 0.3) is 0 Å². The summed E-state index contributed by atoms with van der Waals surface area (Å²) in [5, 5.41) is 9.07. The fraction of sp³-hybridized carbons (Fsp3) is 0.304. The van der Waals surface area contributed by atoms with E-state index in [-0.39, 0.29) is 21.1 Å². The van der Waals surface area contributed by atoms with Crippen LogP contribution in [0, 0.1) is 12.4 Å². The van der Waals surface area contributed by atoms with Gasteiger partial charge in [0.05, 0.1) is 11.6 Å². The van der Waals surface area contributed by atoms with E-state index in [2.05, 4.69) is 36.4 Å². The Morgan fingerprint density at radius 1 is 0.719 bits per heavy atom. The molecule has 4 aromatic rings. The molecule has 8 nitrogen and oxygen atoms in total. The molecule has 32 heavy (non-hydrogen) atoms. The van der Waals surface area contributed by atoms with Gasteiger partial charge in [0.15, 0.2) is 0 Å². The quantitative estimate of drug-likeness (QED) is 0.314. The third kappa shape index (κ3) is 4.60. The van der Waals surface area contributed by atoms with Gasteiger partial charge in [-0.15, -0.1) is 12.1 Å². The summed E-state index contributed by atoms with van der Waals surface area (Å²) < 4.78 is 3.33. The average Bonchev–Trinajstić information content (AvgIpc) is 3.44. The molecule has 4 heterocycles. The minimum Gasteiger partial charge on any atom is -0.412 e. The van der Waals surface area contributed by atoms with Gasteiger partial charge in [-0.3, -0.25) is 9.97 Å². The maximum atomic E-state index is 4.87. The summed E-state index contributed by atoms with van der Waals surface area (Å²) in [6, 6.07) is 15.5. The molecule has 0 saturated heterocycles. The van der Waals surface area contributed by atoms with Gasteiger partial charge in [0, 0.05) is 28.4 Å². The molecule has 0 aliphatic heterocycles. The number of hydrogen-bond acceptors (Lipinski definition) is 6. The van der Waals surface area contributed by atoms with E-state index in [9.17, 15) is 0 Å². The minimum absolute atomic E-state index is 0. The standard InChI is InChI=1S/C23H26N8.Pt/c1-23(2,17-9-7-11-19(24-17)30-15-13-21(26-30)28(3)4)18-10-8-12-20(25-18)31-16-14-22(27-31)29(5)6;/h7-14H,1-6H3;/q-2;+2. The topological polar surface area (TPSA) is 67.9 Å². The first-order valence-electron chi connectivity index (χ1n) is 10.0. The number of anilines is 2. The van der Waals surface area contributed by atoms with E-state index < -0.39 is 5.41 Å². The van der Waals surface area contributed by atoms with Gasteiger partial charge >= 0.3 is 21.1 Å². The number of hydrogen-bond donors (Lipinski definition) is 0. The molecule has 0 aromatic carbocycles. The van der Waals surface area contributed by atoms with E-state index in [1.807, 2.05) is 86.5 Å². The zero-order valence-corrected chi connectivity index (χ0v) is 21.3. The Kier molecular flexibility index (Phi) is 6.84. The molecular weight excluding hydrogens is 583 g/mol. The average molecular weight is 610 g/mol. The zero-order chi connectivity index (χ0) is 22.2. The molecule has 4 aromatic heterocycles. The van der Waals surface area contributed by atoms with Crippen LogP contribution in [0.15, 0.2) is 48.5 Å². The number of pyridine rings is 2. The zero-order valence-electron chi connectivity index (χ0n) is 19.0. The molecule has 0 aliphatic rings. The molecule has 0 spiro atoms. The number of rotatable bonds is 6. The normalized spacial score (nSPS) is 11.2. The first-order valence-corrected chi connectivity index (χ1v) is 10.0. The second kappa shape index (κ2) is 9.25. The van der Waals surface area contributed by atoms with Crippen molar-refractivity contribution in [2.24, 2.45) is 0 Å². The Morgan fingerprint density at radius 2 is 1.12 bits per heavy atom. The van der Waals surface area contributed by atoms with Crippen LogP contribution in [0.3, 0.4) is 0 Å². The SMILES string of the molecule is CN(C)c1c[c-]n(-c2cccc(C(C)(C)c3cccc(-n4[c-]cc(N(C)C)n4)n3)n2)n1.[Pt+2]. The van der Waals surface area contributed by atoms with Crippen molar-refractivity contribution in [3.8, 4) is 11.6 Å². The van der Waals surface area contributed by atoms with Gasteiger partial charge in [-0.1, -0.05) is 36.7 Å². The second-order valence-electron chi connectivity index (χ2n) is 8.26. The van der Waals surface area contributed by atoms with Gasteiger partial charge in [-0.2, -0.15) is 0 Å². The van der Waals surface area contributed by atoms with Gasteiger partial charge in [-0.25, -0.2) is 10.2 Å². The van der Waals surface area contributed by atoms with E-state index in [1.165, 1.54) is 0 Å². The van der Waals surface area contributed by atoms with Crippen molar-refractivity contribution >= 4 is 11.6 Å². The van der Waals surface area contributed by atoms with Crippen LogP contribution >= 0.6 is 0 Å².